The third-order valence-electron chi connectivity index (χ3n) is 3.80. The lowest BCUT2D eigenvalue weighted by Crippen LogP contribution is -2.12. The molecule has 1 N–H and O–H groups in total. The molecule has 1 aliphatic rings. The molecule has 4 rings (SSSR count). The quantitative estimate of drug-likeness (QED) is 0.781. The van der Waals surface area contributed by atoms with Gasteiger partial charge in [0.15, 0.2) is 0 Å². The van der Waals surface area contributed by atoms with E-state index >= 15 is 0 Å². The Hall–Kier alpha value is -3.11. The molecule has 1 aromatic heterocycles. The fourth-order valence-corrected chi connectivity index (χ4v) is 2.58. The lowest BCUT2D eigenvalue weighted by molar-refractivity contribution is 0.0273. The first kappa shape index (κ1) is 14.5. The summed E-state index contributed by atoms with van der Waals surface area (Å²) in [5.74, 6) is 1.24. The van der Waals surface area contributed by atoms with Crippen LogP contribution in [0.3, 0.4) is 0 Å². The second-order valence-corrected chi connectivity index (χ2v) is 5.45. The van der Waals surface area contributed by atoms with Gasteiger partial charge in [-0.1, -0.05) is 54.6 Å². The summed E-state index contributed by atoms with van der Waals surface area (Å²) in [5.41, 5.74) is 6.25. The van der Waals surface area contributed by atoms with Crippen molar-refractivity contribution in [2.75, 3.05) is 0 Å². The highest BCUT2D eigenvalue weighted by molar-refractivity contribution is 5.63. The maximum Gasteiger partial charge on any atom is 0.216 e. The Morgan fingerprint density at radius 2 is 1.67 bits per heavy atom. The van der Waals surface area contributed by atoms with Crippen molar-refractivity contribution in [1.82, 2.24) is 10.5 Å². The van der Waals surface area contributed by atoms with E-state index in [2.05, 4.69) is 46.9 Å². The van der Waals surface area contributed by atoms with E-state index in [1.54, 1.807) is 12.4 Å². The Bertz CT molecular complexity index is 831. The molecule has 0 aliphatic carbocycles. The largest absolute Gasteiger partial charge is 0.438 e. The van der Waals surface area contributed by atoms with E-state index < -0.39 is 0 Å². The summed E-state index contributed by atoms with van der Waals surface area (Å²) in [6.45, 7) is 0. The first-order valence-electron chi connectivity index (χ1n) is 7.75. The standard InChI is InChI=1S/C20H16N2O2/c1-2-5-15(6-3-1)16-8-10-17(11-9-16)19-13-20(22-24-19)23-18-7-4-12-21-14-18/h1-14,19,22H. The first-order valence-corrected chi connectivity index (χ1v) is 7.75. The van der Waals surface area contributed by atoms with Crippen molar-refractivity contribution in [3.63, 3.8) is 0 Å². The van der Waals surface area contributed by atoms with Gasteiger partial charge in [0.1, 0.15) is 11.9 Å². The summed E-state index contributed by atoms with van der Waals surface area (Å²) in [6.07, 6.45) is 5.09. The molecular weight excluding hydrogens is 300 g/mol. The lowest BCUT2D eigenvalue weighted by Gasteiger charge is -2.08. The number of hydroxylamine groups is 1. The van der Waals surface area contributed by atoms with Crippen LogP contribution >= 0.6 is 0 Å². The minimum Gasteiger partial charge on any atom is -0.438 e. The highest BCUT2D eigenvalue weighted by atomic mass is 16.7. The zero-order valence-corrected chi connectivity index (χ0v) is 12.9. The fraction of sp³-hybridized carbons (Fsp3) is 0.0500. The average molecular weight is 316 g/mol. The van der Waals surface area contributed by atoms with Gasteiger partial charge >= 0.3 is 0 Å². The predicted molar refractivity (Wildman–Crippen MR) is 91.8 cm³/mol. The summed E-state index contributed by atoms with van der Waals surface area (Å²) < 4.78 is 5.68. The number of nitrogens with zero attached hydrogens (tertiary/aromatic N) is 1. The minimum atomic E-state index is -0.179. The van der Waals surface area contributed by atoms with Crippen molar-refractivity contribution in [3.05, 3.63) is 96.6 Å². The Labute approximate surface area is 140 Å². The average Bonchev–Trinajstić information content (AvgIpc) is 3.12. The number of pyridine rings is 1. The molecule has 0 bridgehead atoms. The minimum absolute atomic E-state index is 0.179. The molecule has 4 nitrogen and oxygen atoms in total. The van der Waals surface area contributed by atoms with Crippen LogP contribution in [0.15, 0.2) is 91.1 Å². The predicted octanol–water partition coefficient (Wildman–Crippen LogP) is 4.24. The van der Waals surface area contributed by atoms with E-state index in [9.17, 15) is 0 Å². The summed E-state index contributed by atoms with van der Waals surface area (Å²) in [4.78, 5) is 9.60. The van der Waals surface area contributed by atoms with E-state index in [-0.39, 0.29) is 6.10 Å². The smallest absolute Gasteiger partial charge is 0.216 e. The molecule has 0 radical (unpaired) electrons. The van der Waals surface area contributed by atoms with E-state index in [0.29, 0.717) is 11.6 Å². The third kappa shape index (κ3) is 3.14. The second kappa shape index (κ2) is 6.56. The monoisotopic (exact) mass is 316 g/mol. The van der Waals surface area contributed by atoms with Crippen LogP contribution < -0.4 is 10.2 Å². The molecule has 2 aromatic carbocycles. The van der Waals surface area contributed by atoms with E-state index in [4.69, 9.17) is 9.57 Å². The van der Waals surface area contributed by atoms with Crippen molar-refractivity contribution in [2.45, 2.75) is 6.10 Å². The fourth-order valence-electron chi connectivity index (χ4n) is 2.58. The number of hydrogen-bond acceptors (Lipinski definition) is 4. The van der Waals surface area contributed by atoms with Crippen molar-refractivity contribution < 1.29 is 9.57 Å². The van der Waals surface area contributed by atoms with Crippen molar-refractivity contribution in [1.29, 1.82) is 0 Å². The highest BCUT2D eigenvalue weighted by Crippen LogP contribution is 2.27. The van der Waals surface area contributed by atoms with Gasteiger partial charge in [0.2, 0.25) is 5.88 Å². The van der Waals surface area contributed by atoms with E-state index in [0.717, 1.165) is 5.56 Å². The van der Waals surface area contributed by atoms with Crippen LogP contribution in [0, 0.1) is 0 Å². The molecule has 118 valence electrons. The van der Waals surface area contributed by atoms with Gasteiger partial charge in [-0.25, -0.2) is 5.48 Å². The number of ether oxygens (including phenoxy) is 1. The van der Waals surface area contributed by atoms with Crippen molar-refractivity contribution in [2.24, 2.45) is 0 Å². The molecule has 4 heteroatoms. The van der Waals surface area contributed by atoms with Gasteiger partial charge in [-0.2, -0.15) is 0 Å². The Balaban J connectivity index is 1.48. The molecule has 3 aromatic rings. The van der Waals surface area contributed by atoms with E-state index in [1.165, 1.54) is 11.1 Å². The zero-order chi connectivity index (χ0) is 16.2. The summed E-state index contributed by atoms with van der Waals surface area (Å²) in [5, 5.41) is 0. The summed E-state index contributed by atoms with van der Waals surface area (Å²) >= 11 is 0. The van der Waals surface area contributed by atoms with Gasteiger partial charge < -0.3 is 4.74 Å². The highest BCUT2D eigenvalue weighted by Gasteiger charge is 2.19. The number of nitrogens with one attached hydrogen (secondary N) is 1. The number of benzene rings is 2. The summed E-state index contributed by atoms with van der Waals surface area (Å²) in [6, 6.07) is 22.3. The van der Waals surface area contributed by atoms with Crippen LogP contribution in [-0.2, 0) is 4.84 Å². The van der Waals surface area contributed by atoms with Gasteiger partial charge in [0.05, 0.1) is 6.20 Å². The van der Waals surface area contributed by atoms with Gasteiger partial charge in [-0.05, 0) is 28.8 Å². The number of rotatable bonds is 4. The van der Waals surface area contributed by atoms with Crippen LogP contribution in [0.4, 0.5) is 0 Å². The van der Waals surface area contributed by atoms with E-state index in [1.807, 2.05) is 36.4 Å². The topological polar surface area (TPSA) is 43.4 Å². The Morgan fingerprint density at radius 1 is 0.875 bits per heavy atom. The summed E-state index contributed by atoms with van der Waals surface area (Å²) in [7, 11) is 0. The molecule has 0 amide bonds. The normalized spacial score (nSPS) is 16.3. The maximum atomic E-state index is 5.68. The number of hydrogen-bond donors (Lipinski definition) is 1. The van der Waals surface area contributed by atoms with Gasteiger partial charge in [-0.15, -0.1) is 0 Å². The van der Waals surface area contributed by atoms with Crippen LogP contribution in [0.2, 0.25) is 0 Å². The van der Waals surface area contributed by atoms with Crippen LogP contribution in [0.5, 0.6) is 5.75 Å². The van der Waals surface area contributed by atoms with Gasteiger partial charge in [0.25, 0.3) is 0 Å². The second-order valence-electron chi connectivity index (χ2n) is 5.45. The van der Waals surface area contributed by atoms with Gasteiger partial charge in [0, 0.05) is 12.3 Å². The molecule has 24 heavy (non-hydrogen) atoms. The van der Waals surface area contributed by atoms with Crippen molar-refractivity contribution >= 4 is 0 Å². The van der Waals surface area contributed by atoms with Crippen LogP contribution in [-0.4, -0.2) is 4.98 Å². The molecule has 0 spiro atoms. The Morgan fingerprint density at radius 3 is 2.42 bits per heavy atom. The maximum absolute atomic E-state index is 5.68. The van der Waals surface area contributed by atoms with Gasteiger partial charge in [-0.3, -0.25) is 9.82 Å². The Kier molecular flexibility index (Phi) is 3.96. The number of aromatic nitrogens is 1. The molecule has 0 fully saturated rings. The molecule has 0 saturated carbocycles. The lowest BCUT2D eigenvalue weighted by atomic mass is 10.0. The molecule has 2 heterocycles. The molecule has 1 unspecified atom stereocenters. The third-order valence-corrected chi connectivity index (χ3v) is 3.80. The first-order chi connectivity index (χ1) is 11.9. The SMILES string of the molecule is C1=C(Oc2cccnc2)NOC1c1ccc(-c2ccccc2)cc1. The van der Waals surface area contributed by atoms with Crippen LogP contribution in [0.1, 0.15) is 11.7 Å². The molecule has 0 saturated heterocycles. The van der Waals surface area contributed by atoms with Crippen LogP contribution in [0.25, 0.3) is 11.1 Å². The molecule has 1 aliphatic heterocycles. The molecular formula is C20H16N2O2. The van der Waals surface area contributed by atoms with Crippen molar-refractivity contribution in [3.8, 4) is 16.9 Å². The zero-order valence-electron chi connectivity index (χ0n) is 12.9. The molecule has 1 atom stereocenters.